The molecule has 1 aliphatic rings. The lowest BCUT2D eigenvalue weighted by Crippen LogP contribution is -2.36. The van der Waals surface area contributed by atoms with Crippen LogP contribution in [0, 0.1) is 6.92 Å². The molecule has 3 rings (SSSR count). The number of aliphatic imine (C=N–C) groups is 1. The molecule has 182 valence electrons. The van der Waals surface area contributed by atoms with Crippen LogP contribution in [-0.2, 0) is 29.2 Å². The van der Waals surface area contributed by atoms with E-state index in [9.17, 15) is 0 Å². The van der Waals surface area contributed by atoms with Crippen LogP contribution in [0.4, 0.5) is 0 Å². The lowest BCUT2D eigenvalue weighted by molar-refractivity contribution is -0.0390. The molecule has 0 saturated carbocycles. The van der Waals surface area contributed by atoms with Gasteiger partial charge in [-0.25, -0.2) is 4.99 Å². The Morgan fingerprint density at radius 3 is 2.61 bits per heavy atom. The molecule has 2 aromatic rings. The van der Waals surface area contributed by atoms with Gasteiger partial charge in [-0.3, -0.25) is 0 Å². The maximum Gasteiger partial charge on any atom is 0.191 e. The van der Waals surface area contributed by atoms with Gasteiger partial charge in [-0.2, -0.15) is 0 Å². The van der Waals surface area contributed by atoms with Gasteiger partial charge in [-0.05, 0) is 56.4 Å². The van der Waals surface area contributed by atoms with E-state index in [1.807, 2.05) is 6.92 Å². The summed E-state index contributed by atoms with van der Waals surface area (Å²) in [7, 11) is 0. The molecular formula is C26H38IN3O3. The zero-order valence-corrected chi connectivity index (χ0v) is 22.4. The van der Waals surface area contributed by atoms with Crippen LogP contribution in [0.2, 0.25) is 0 Å². The van der Waals surface area contributed by atoms with E-state index in [2.05, 4.69) is 66.9 Å². The molecule has 2 N–H and O–H groups in total. The highest BCUT2D eigenvalue weighted by Crippen LogP contribution is 2.20. The van der Waals surface area contributed by atoms with Gasteiger partial charge in [-0.15, -0.1) is 24.0 Å². The molecule has 1 saturated heterocycles. The third-order valence-electron chi connectivity index (χ3n) is 5.38. The van der Waals surface area contributed by atoms with E-state index in [0.717, 1.165) is 49.9 Å². The summed E-state index contributed by atoms with van der Waals surface area (Å²) in [6.45, 7) is 11.1. The minimum Gasteiger partial charge on any atom is -0.494 e. The van der Waals surface area contributed by atoms with Crippen molar-refractivity contribution >= 4 is 29.9 Å². The smallest absolute Gasteiger partial charge is 0.191 e. The summed E-state index contributed by atoms with van der Waals surface area (Å²) in [5.74, 6) is 1.72. The second-order valence-corrected chi connectivity index (χ2v) is 8.04. The topological polar surface area (TPSA) is 64.1 Å². The van der Waals surface area contributed by atoms with Gasteiger partial charge in [0.1, 0.15) is 5.75 Å². The summed E-state index contributed by atoms with van der Waals surface area (Å²) in [5.41, 5.74) is 4.66. The number of halogens is 1. The highest BCUT2D eigenvalue weighted by atomic mass is 127. The van der Waals surface area contributed by atoms with Crippen LogP contribution in [0.1, 0.15) is 48.9 Å². The predicted molar refractivity (Wildman–Crippen MR) is 144 cm³/mol. The predicted octanol–water partition coefficient (Wildman–Crippen LogP) is 4.96. The van der Waals surface area contributed by atoms with Crippen LogP contribution in [0.5, 0.6) is 5.75 Å². The van der Waals surface area contributed by atoms with Gasteiger partial charge in [0, 0.05) is 31.9 Å². The highest BCUT2D eigenvalue weighted by molar-refractivity contribution is 14.0. The van der Waals surface area contributed by atoms with E-state index in [1.54, 1.807) is 0 Å². The van der Waals surface area contributed by atoms with Crippen molar-refractivity contribution in [2.45, 2.75) is 59.4 Å². The first kappa shape index (κ1) is 27.4. The number of ether oxygens (including phenoxy) is 3. The monoisotopic (exact) mass is 567 g/mol. The SMILES string of the molecule is CCNC(=NCc1cccc(COC2CCOCC2)c1)NCc1ccc(C)cc1OCC.I. The van der Waals surface area contributed by atoms with Crippen LogP contribution >= 0.6 is 24.0 Å². The molecule has 0 bridgehead atoms. The first-order valence-corrected chi connectivity index (χ1v) is 11.7. The van der Waals surface area contributed by atoms with E-state index in [-0.39, 0.29) is 24.0 Å². The quantitative estimate of drug-likeness (QED) is 0.242. The number of aryl methyl sites for hydroxylation is 1. The molecule has 1 aliphatic heterocycles. The second kappa shape index (κ2) is 15.1. The van der Waals surface area contributed by atoms with Crippen molar-refractivity contribution < 1.29 is 14.2 Å². The highest BCUT2D eigenvalue weighted by Gasteiger charge is 2.14. The first-order valence-electron chi connectivity index (χ1n) is 11.7. The maximum atomic E-state index is 6.06. The van der Waals surface area contributed by atoms with Gasteiger partial charge in [0.15, 0.2) is 5.96 Å². The molecule has 7 heteroatoms. The van der Waals surface area contributed by atoms with Gasteiger partial charge in [0.2, 0.25) is 0 Å². The van der Waals surface area contributed by atoms with E-state index < -0.39 is 0 Å². The van der Waals surface area contributed by atoms with Gasteiger partial charge in [-0.1, -0.05) is 36.4 Å². The van der Waals surface area contributed by atoms with Gasteiger partial charge in [0.25, 0.3) is 0 Å². The summed E-state index contributed by atoms with van der Waals surface area (Å²) < 4.78 is 17.3. The molecule has 0 aromatic heterocycles. The van der Waals surface area contributed by atoms with Crippen molar-refractivity contribution in [3.63, 3.8) is 0 Å². The third-order valence-corrected chi connectivity index (χ3v) is 5.38. The van der Waals surface area contributed by atoms with E-state index in [0.29, 0.717) is 32.4 Å². The summed E-state index contributed by atoms with van der Waals surface area (Å²) in [5, 5.41) is 6.76. The molecular weight excluding hydrogens is 529 g/mol. The summed E-state index contributed by atoms with van der Waals surface area (Å²) in [6, 6.07) is 14.8. The lowest BCUT2D eigenvalue weighted by Gasteiger charge is -2.22. The van der Waals surface area contributed by atoms with E-state index in [1.165, 1.54) is 16.7 Å². The fourth-order valence-corrected chi connectivity index (χ4v) is 3.66. The number of nitrogens with one attached hydrogen (secondary N) is 2. The van der Waals surface area contributed by atoms with Crippen LogP contribution in [0.25, 0.3) is 0 Å². The molecule has 0 radical (unpaired) electrons. The van der Waals surface area contributed by atoms with Crippen LogP contribution in [0.15, 0.2) is 47.5 Å². The van der Waals surface area contributed by atoms with Crippen molar-refractivity contribution in [2.75, 3.05) is 26.4 Å². The second-order valence-electron chi connectivity index (χ2n) is 8.04. The number of hydrogen-bond donors (Lipinski definition) is 2. The third kappa shape index (κ3) is 9.51. The van der Waals surface area contributed by atoms with Crippen molar-refractivity contribution in [1.29, 1.82) is 0 Å². The van der Waals surface area contributed by atoms with Gasteiger partial charge in [0.05, 0.1) is 25.9 Å². The Bertz CT molecular complexity index is 870. The molecule has 0 atom stereocenters. The molecule has 2 aromatic carbocycles. The Labute approximate surface area is 215 Å². The van der Waals surface area contributed by atoms with Crippen molar-refractivity contribution in [3.05, 3.63) is 64.7 Å². The molecule has 0 unspecified atom stereocenters. The summed E-state index contributed by atoms with van der Waals surface area (Å²) in [4.78, 5) is 4.78. The fourth-order valence-electron chi connectivity index (χ4n) is 3.66. The molecule has 0 amide bonds. The number of hydrogen-bond acceptors (Lipinski definition) is 4. The summed E-state index contributed by atoms with van der Waals surface area (Å²) >= 11 is 0. The van der Waals surface area contributed by atoms with Crippen molar-refractivity contribution in [1.82, 2.24) is 10.6 Å². The Morgan fingerprint density at radius 1 is 1.06 bits per heavy atom. The number of nitrogens with zero attached hydrogens (tertiary/aromatic N) is 1. The Kier molecular flexibility index (Phi) is 12.6. The zero-order valence-electron chi connectivity index (χ0n) is 20.1. The standard InChI is InChI=1S/C26H37N3O3.HI/c1-4-27-26(29-18-23-10-9-20(3)15-25(23)31-5-2)28-17-21-7-6-8-22(16-21)19-32-24-11-13-30-14-12-24;/h6-10,15-16,24H,4-5,11-14,17-19H2,1-3H3,(H2,27,28,29);1H. The lowest BCUT2D eigenvalue weighted by atomic mass is 10.1. The average molecular weight is 568 g/mol. The van der Waals surface area contributed by atoms with E-state index >= 15 is 0 Å². The molecule has 1 heterocycles. The van der Waals surface area contributed by atoms with Crippen molar-refractivity contribution in [3.8, 4) is 5.75 Å². The number of guanidine groups is 1. The molecule has 33 heavy (non-hydrogen) atoms. The maximum absolute atomic E-state index is 6.06. The van der Waals surface area contributed by atoms with Gasteiger partial charge < -0.3 is 24.8 Å². The van der Waals surface area contributed by atoms with Crippen LogP contribution < -0.4 is 15.4 Å². The normalized spacial score (nSPS) is 14.5. The summed E-state index contributed by atoms with van der Waals surface area (Å²) in [6.07, 6.45) is 2.26. The molecule has 0 spiro atoms. The number of benzene rings is 2. The average Bonchev–Trinajstić information content (AvgIpc) is 2.82. The molecule has 1 fully saturated rings. The van der Waals surface area contributed by atoms with Gasteiger partial charge >= 0.3 is 0 Å². The number of rotatable bonds is 10. The molecule has 0 aliphatic carbocycles. The first-order chi connectivity index (χ1) is 15.7. The fraction of sp³-hybridized carbons (Fsp3) is 0.500. The van der Waals surface area contributed by atoms with Crippen LogP contribution in [0.3, 0.4) is 0 Å². The van der Waals surface area contributed by atoms with Crippen LogP contribution in [-0.4, -0.2) is 38.4 Å². The minimum absolute atomic E-state index is 0. The Hall–Kier alpha value is -1.84. The minimum atomic E-state index is 0. The molecule has 6 nitrogen and oxygen atoms in total. The Balaban J connectivity index is 0.00000385. The largest absolute Gasteiger partial charge is 0.494 e. The van der Waals surface area contributed by atoms with E-state index in [4.69, 9.17) is 19.2 Å². The zero-order chi connectivity index (χ0) is 22.6. The van der Waals surface area contributed by atoms with Crippen molar-refractivity contribution in [2.24, 2.45) is 4.99 Å². The Morgan fingerprint density at radius 2 is 1.85 bits per heavy atom.